The molecule has 1 fully saturated rings. The van der Waals surface area contributed by atoms with Crippen LogP contribution in [0.5, 0.6) is 0 Å². The molecule has 7 N–H and O–H groups in total. The van der Waals surface area contributed by atoms with Crippen molar-refractivity contribution in [2.45, 2.75) is 91.7 Å². The zero-order chi connectivity index (χ0) is 54.7. The molecule has 2 atom stereocenters. The third-order valence-corrected chi connectivity index (χ3v) is 14.2. The number of unbranched alkanes of at least 4 members (excludes halogenated alkanes) is 2. The van der Waals surface area contributed by atoms with E-state index in [0.717, 1.165) is 34.9 Å². The number of nitrogens with two attached hydrogens (primary N) is 1. The number of anilines is 4. The number of alkyl carbamates (subject to hydrolysis) is 1. The molecular weight excluding hydrogens is 1020 g/mol. The minimum Gasteiger partial charge on any atom is -0.445 e. The number of thiazole rings is 1. The number of Topliss-reactive ketones (excluding diaryl/α,β-unsaturated/α-hetero) is 2. The Labute approximate surface area is 451 Å². The van der Waals surface area contributed by atoms with Crippen LogP contribution < -0.4 is 37.2 Å². The van der Waals surface area contributed by atoms with Crippen molar-refractivity contribution in [2.75, 3.05) is 67.9 Å². The lowest BCUT2D eigenvalue weighted by Crippen LogP contribution is -2.48. The summed E-state index contributed by atoms with van der Waals surface area (Å²) >= 11 is 7.62. The Morgan fingerprint density at radius 3 is 2.30 bits per heavy atom. The van der Waals surface area contributed by atoms with Crippen LogP contribution in [0.4, 0.5) is 32.0 Å². The number of carbonyl (C=O) groups is 8. The maximum atomic E-state index is 13.7. The molecule has 2 aromatic heterocycles. The first-order valence-electron chi connectivity index (χ1n) is 25.4. The zero-order valence-corrected chi connectivity index (χ0v) is 44.9. The molecule has 406 valence electrons. The lowest BCUT2D eigenvalue weighted by molar-refractivity contribution is -0.137. The summed E-state index contributed by atoms with van der Waals surface area (Å²) in [4.78, 5) is 121. The third kappa shape index (κ3) is 17.9. The molecule has 0 bridgehead atoms. The van der Waals surface area contributed by atoms with Gasteiger partial charge in [-0.1, -0.05) is 67.5 Å². The number of nitrogens with zero attached hydrogens (tertiary/aromatic N) is 6. The molecule has 7 amide bonds. The Hall–Kier alpha value is -7.30. The van der Waals surface area contributed by atoms with E-state index in [4.69, 9.17) is 22.1 Å². The van der Waals surface area contributed by atoms with Crippen LogP contribution in [0.1, 0.15) is 91.0 Å². The summed E-state index contributed by atoms with van der Waals surface area (Å²) in [5.41, 5.74) is 8.13. The van der Waals surface area contributed by atoms with Crippen LogP contribution in [0.2, 0.25) is 5.02 Å². The third-order valence-electron chi connectivity index (χ3n) is 12.9. The van der Waals surface area contributed by atoms with Crippen molar-refractivity contribution < 1.29 is 43.1 Å². The van der Waals surface area contributed by atoms with Crippen LogP contribution in [0, 0.1) is 25.7 Å². The molecule has 6 rings (SSSR count). The maximum Gasteiger partial charge on any atom is 0.407 e. The second kappa shape index (κ2) is 28.6. The summed E-state index contributed by atoms with van der Waals surface area (Å²) in [5.74, 6) is -0.934. The van der Waals surface area contributed by atoms with Gasteiger partial charge in [-0.25, -0.2) is 24.5 Å². The number of rotatable bonds is 28. The highest BCUT2D eigenvalue weighted by atomic mass is 35.5. The van der Waals surface area contributed by atoms with Crippen LogP contribution in [0.15, 0.2) is 66.9 Å². The first kappa shape index (κ1) is 58.0. The number of piperazine rings is 1. The molecule has 2 aliphatic heterocycles. The Balaban J connectivity index is 0.895. The lowest BCUT2D eigenvalue weighted by atomic mass is 9.89. The number of imide groups is 1. The smallest absolute Gasteiger partial charge is 0.407 e. The fourth-order valence-corrected chi connectivity index (χ4v) is 9.68. The summed E-state index contributed by atoms with van der Waals surface area (Å²) in [5, 5.41) is 15.4. The highest BCUT2D eigenvalue weighted by molar-refractivity contribution is 7.17. The summed E-state index contributed by atoms with van der Waals surface area (Å²) in [6, 6.07) is 12.7. The average Bonchev–Trinajstić information content (AvgIpc) is 3.99. The number of primary amides is 1. The van der Waals surface area contributed by atoms with E-state index >= 15 is 0 Å². The van der Waals surface area contributed by atoms with E-state index in [9.17, 15) is 38.4 Å². The van der Waals surface area contributed by atoms with Gasteiger partial charge in [0, 0.05) is 106 Å². The summed E-state index contributed by atoms with van der Waals surface area (Å²) in [6.07, 6.45) is 5.89. The molecule has 21 nitrogen and oxygen atoms in total. The fourth-order valence-electron chi connectivity index (χ4n) is 8.64. The van der Waals surface area contributed by atoms with E-state index in [0.29, 0.717) is 89.8 Å². The molecule has 23 heteroatoms. The van der Waals surface area contributed by atoms with Crippen LogP contribution in [-0.2, 0) is 41.7 Å². The number of nitrogens with one attached hydrogen (secondary N) is 5. The largest absolute Gasteiger partial charge is 0.445 e. The van der Waals surface area contributed by atoms with Crippen molar-refractivity contribution in [3.8, 4) is 0 Å². The van der Waals surface area contributed by atoms with Gasteiger partial charge in [-0.2, -0.15) is 0 Å². The first-order valence-corrected chi connectivity index (χ1v) is 26.6. The molecule has 4 heterocycles. The number of benzene rings is 2. The summed E-state index contributed by atoms with van der Waals surface area (Å²) in [7, 11) is 0. The number of aromatic nitrogens is 3. The van der Waals surface area contributed by atoms with E-state index in [1.165, 1.54) is 23.5 Å². The molecule has 2 aromatic carbocycles. The molecule has 76 heavy (non-hydrogen) atoms. The van der Waals surface area contributed by atoms with Gasteiger partial charge in [-0.05, 0) is 80.3 Å². The quantitative estimate of drug-likeness (QED) is 0.0216. The number of ketones is 2. The second-order valence-corrected chi connectivity index (χ2v) is 20.5. The van der Waals surface area contributed by atoms with Gasteiger partial charge in [-0.3, -0.25) is 38.6 Å². The number of hydrogen-bond donors (Lipinski definition) is 6. The van der Waals surface area contributed by atoms with Gasteiger partial charge >= 0.3 is 12.1 Å². The number of aryl methyl sites for hydroxylation is 2. The number of halogens is 1. The van der Waals surface area contributed by atoms with Crippen molar-refractivity contribution in [1.29, 1.82) is 0 Å². The Morgan fingerprint density at radius 1 is 0.868 bits per heavy atom. The SMILES string of the molecule is Cc1nc(Nc2ncc(C(=O)Cc3c(C)cccc3Cl)s2)cc(N2CCN(CCNC(=O)OCc3ccc(NC(=O)[C@H](CCCNC(N)=O)CC(=O)[C@@H](NC(=O)CCCCCN4C(=O)C=CC4=O)C(C)C)cc3)CC2)n1. The minimum atomic E-state index is -0.840. The normalized spacial score (nSPS) is 14.3. The molecule has 0 saturated carbocycles. The molecular formula is C53H67ClN12O9S. The predicted molar refractivity (Wildman–Crippen MR) is 289 cm³/mol. The zero-order valence-electron chi connectivity index (χ0n) is 43.3. The van der Waals surface area contributed by atoms with Gasteiger partial charge in [0.05, 0.1) is 17.1 Å². The minimum absolute atomic E-state index is 0.0102. The van der Waals surface area contributed by atoms with E-state index < -0.39 is 30.0 Å². The lowest BCUT2D eigenvalue weighted by Gasteiger charge is -2.35. The Bertz CT molecular complexity index is 2710. The first-order chi connectivity index (χ1) is 36.4. The number of amides is 7. The average molecular weight is 1080 g/mol. The van der Waals surface area contributed by atoms with Gasteiger partial charge < -0.3 is 42.0 Å². The topological polar surface area (TPSA) is 280 Å². The van der Waals surface area contributed by atoms with Crippen LogP contribution in [0.25, 0.3) is 0 Å². The van der Waals surface area contributed by atoms with Crippen molar-refractivity contribution in [3.63, 3.8) is 0 Å². The fraction of sp³-hybridized carbons (Fsp3) is 0.453. The number of urea groups is 1. The van der Waals surface area contributed by atoms with Crippen LogP contribution in [0.3, 0.4) is 0 Å². The molecule has 0 spiro atoms. The van der Waals surface area contributed by atoms with Crippen molar-refractivity contribution in [2.24, 2.45) is 17.6 Å². The van der Waals surface area contributed by atoms with E-state index in [1.54, 1.807) is 36.5 Å². The van der Waals surface area contributed by atoms with Gasteiger partial charge in [0.1, 0.15) is 24.1 Å². The van der Waals surface area contributed by atoms with Crippen LogP contribution >= 0.6 is 22.9 Å². The number of hydrogen-bond acceptors (Lipinski definition) is 16. The van der Waals surface area contributed by atoms with Gasteiger partial charge in [0.2, 0.25) is 11.8 Å². The molecule has 0 unspecified atom stereocenters. The van der Waals surface area contributed by atoms with E-state index in [-0.39, 0.29) is 80.6 Å². The van der Waals surface area contributed by atoms with Crippen molar-refractivity contribution in [1.82, 2.24) is 40.7 Å². The number of ether oxygens (including phenoxy) is 1. The Kier molecular flexibility index (Phi) is 21.8. The molecule has 2 aliphatic rings. The van der Waals surface area contributed by atoms with Crippen molar-refractivity contribution in [3.05, 3.63) is 99.3 Å². The monoisotopic (exact) mass is 1080 g/mol. The summed E-state index contributed by atoms with van der Waals surface area (Å²) < 4.78 is 5.46. The molecule has 4 aromatic rings. The van der Waals surface area contributed by atoms with Gasteiger partial charge in [0.25, 0.3) is 11.8 Å². The number of carbonyl (C=O) groups excluding carboxylic acids is 8. The van der Waals surface area contributed by atoms with Crippen molar-refractivity contribution >= 4 is 92.7 Å². The molecule has 1 saturated heterocycles. The molecule has 0 radical (unpaired) electrons. The second-order valence-electron chi connectivity index (χ2n) is 19.0. The standard InChI is InChI=1S/C53H67ClN12O9S/c1-33(2)49(63-46(69)13-6-5-7-22-66-47(70)18-19-48(66)71)42(68)28-37(11-9-20-56-51(55)73)50(72)61-38-16-14-36(15-17-38)32-75-53(74)57-21-23-64-24-26-65(27-25-64)45-30-44(59-35(4)60-45)62-52-58-31-43(76-52)41(67)29-39-34(3)10-8-12-40(39)54/h8,10,12,14-19,30-31,33,37,49H,5-7,9,11,13,20-29,32H2,1-4H3,(H,57,74)(H,61,72)(H,63,69)(H3,55,56,73)(H,58,59,60,62)/t37-,49+/m1/s1. The summed E-state index contributed by atoms with van der Waals surface area (Å²) in [6.45, 7) is 11.7. The van der Waals surface area contributed by atoms with Gasteiger partial charge in [-0.15, -0.1) is 0 Å². The van der Waals surface area contributed by atoms with E-state index in [1.807, 2.05) is 45.9 Å². The maximum absolute atomic E-state index is 13.7. The predicted octanol–water partition coefficient (Wildman–Crippen LogP) is 6.01. The highest BCUT2D eigenvalue weighted by Gasteiger charge is 2.30. The molecule has 0 aliphatic carbocycles. The Morgan fingerprint density at radius 2 is 1.61 bits per heavy atom. The van der Waals surface area contributed by atoms with E-state index in [2.05, 4.69) is 51.3 Å². The van der Waals surface area contributed by atoms with Gasteiger partial charge in [0.15, 0.2) is 16.7 Å². The highest BCUT2D eigenvalue weighted by Crippen LogP contribution is 2.28. The van der Waals surface area contributed by atoms with Crippen LogP contribution in [-0.4, -0.2) is 130 Å².